The van der Waals surface area contributed by atoms with Crippen molar-refractivity contribution in [2.24, 2.45) is 4.99 Å². The van der Waals surface area contributed by atoms with Crippen molar-refractivity contribution in [3.8, 4) is 23.0 Å². The second kappa shape index (κ2) is 12.6. The molecule has 216 valence electrons. The molecular formula is C29H31N3O8S. The van der Waals surface area contributed by atoms with Gasteiger partial charge in [-0.3, -0.25) is 4.79 Å². The lowest BCUT2D eigenvalue weighted by atomic mass is 9.93. The van der Waals surface area contributed by atoms with Crippen molar-refractivity contribution in [2.45, 2.75) is 25.9 Å². The largest absolute Gasteiger partial charge is 0.493 e. The molecule has 41 heavy (non-hydrogen) atoms. The summed E-state index contributed by atoms with van der Waals surface area (Å²) in [5.41, 5.74) is 3.24. The lowest BCUT2D eigenvalue weighted by Crippen LogP contribution is -2.38. The fourth-order valence-electron chi connectivity index (χ4n) is 4.74. The Hall–Kier alpha value is -4.16. The number of thioether (sulfide) groups is 1. The third kappa shape index (κ3) is 5.98. The number of benzene rings is 2. The average Bonchev–Trinajstić information content (AvgIpc) is 3.61. The highest BCUT2D eigenvalue weighted by molar-refractivity contribution is 8.16. The minimum atomic E-state index is -0.611. The Morgan fingerprint density at radius 1 is 1.05 bits per heavy atom. The van der Waals surface area contributed by atoms with E-state index in [1.54, 1.807) is 27.2 Å². The van der Waals surface area contributed by atoms with Gasteiger partial charge in [0.2, 0.25) is 12.7 Å². The minimum Gasteiger partial charge on any atom is -0.493 e. The summed E-state index contributed by atoms with van der Waals surface area (Å²) in [7, 11) is 4.65. The number of carbonyl (C=O) groups excluding carboxylic acids is 2. The predicted molar refractivity (Wildman–Crippen MR) is 152 cm³/mol. The number of carbonyl (C=O) groups is 2. The van der Waals surface area contributed by atoms with Crippen LogP contribution in [0.15, 0.2) is 63.8 Å². The number of methoxy groups -OCH3 is 3. The molecule has 0 saturated carbocycles. The van der Waals surface area contributed by atoms with Crippen LogP contribution in [0.5, 0.6) is 23.0 Å². The van der Waals surface area contributed by atoms with E-state index in [2.05, 4.69) is 5.32 Å². The molecule has 3 aliphatic heterocycles. The number of rotatable bonds is 11. The Morgan fingerprint density at radius 3 is 2.63 bits per heavy atom. The molecule has 3 aliphatic rings. The maximum absolute atomic E-state index is 13.4. The Labute approximate surface area is 242 Å². The fourth-order valence-corrected chi connectivity index (χ4v) is 5.71. The summed E-state index contributed by atoms with van der Waals surface area (Å²) < 4.78 is 32.3. The topological polar surface area (TPSA) is 117 Å². The lowest BCUT2D eigenvalue weighted by Gasteiger charge is -2.36. The molecule has 12 heteroatoms. The van der Waals surface area contributed by atoms with Crippen molar-refractivity contribution in [1.29, 1.82) is 0 Å². The quantitative estimate of drug-likeness (QED) is 0.309. The van der Waals surface area contributed by atoms with Crippen molar-refractivity contribution in [2.75, 3.05) is 41.3 Å². The molecule has 11 nitrogen and oxygen atoms in total. The molecule has 1 amide bonds. The molecule has 0 aromatic heterocycles. The van der Waals surface area contributed by atoms with E-state index in [4.69, 9.17) is 33.4 Å². The van der Waals surface area contributed by atoms with Gasteiger partial charge >= 0.3 is 5.97 Å². The standard InChI is InChI=1S/C29H31N3O8S/c1-17-26(28(34)38-10-9-35-2)27(19-6-8-21(36-3)23(12-19)37-4)32-20(15-41-29(32)31-17)13-25(33)30-14-18-5-7-22-24(11-18)40-16-39-22/h5-8,11-12,15,27H,9-10,13-14,16H2,1-4H3,(H,30,33). The van der Waals surface area contributed by atoms with Crippen LogP contribution in [0.2, 0.25) is 0 Å². The van der Waals surface area contributed by atoms with Crippen LogP contribution in [0.1, 0.15) is 30.5 Å². The van der Waals surface area contributed by atoms with Gasteiger partial charge in [-0.1, -0.05) is 23.9 Å². The molecule has 1 unspecified atom stereocenters. The van der Waals surface area contributed by atoms with Crippen molar-refractivity contribution >= 4 is 28.8 Å². The zero-order valence-corrected chi connectivity index (χ0v) is 24.0. The van der Waals surface area contributed by atoms with Crippen LogP contribution in [0.4, 0.5) is 0 Å². The Morgan fingerprint density at radius 2 is 1.85 bits per heavy atom. The SMILES string of the molecule is COCCOC(=O)C1=C(C)N=C2SC=C(CC(=O)NCc3ccc4c(c3)OCO4)N2C1c1ccc(OC)c(OC)c1. The Bertz CT molecular complexity index is 1440. The summed E-state index contributed by atoms with van der Waals surface area (Å²) in [6, 6.07) is 10.4. The molecular weight excluding hydrogens is 550 g/mol. The molecule has 0 bridgehead atoms. The summed E-state index contributed by atoms with van der Waals surface area (Å²) >= 11 is 1.40. The summed E-state index contributed by atoms with van der Waals surface area (Å²) in [6.45, 7) is 2.66. The van der Waals surface area contributed by atoms with Gasteiger partial charge in [-0.2, -0.15) is 0 Å². The van der Waals surface area contributed by atoms with Gasteiger partial charge in [0.15, 0.2) is 28.2 Å². The first-order valence-corrected chi connectivity index (χ1v) is 13.8. The monoisotopic (exact) mass is 581 g/mol. The van der Waals surface area contributed by atoms with Crippen molar-refractivity contribution in [1.82, 2.24) is 10.2 Å². The fraction of sp³-hybridized carbons (Fsp3) is 0.345. The van der Waals surface area contributed by atoms with Crippen molar-refractivity contribution in [3.05, 3.63) is 69.9 Å². The number of nitrogens with zero attached hydrogens (tertiary/aromatic N) is 2. The van der Waals surface area contributed by atoms with Crippen LogP contribution in [-0.4, -0.2) is 63.3 Å². The van der Waals surface area contributed by atoms with Crippen molar-refractivity contribution in [3.63, 3.8) is 0 Å². The van der Waals surface area contributed by atoms with E-state index < -0.39 is 12.0 Å². The van der Waals surface area contributed by atoms with Crippen molar-refractivity contribution < 1.29 is 38.0 Å². The number of aliphatic imine (C=N–C) groups is 1. The van der Waals surface area contributed by atoms with E-state index in [9.17, 15) is 9.59 Å². The number of esters is 1. The zero-order chi connectivity index (χ0) is 28.9. The second-order valence-corrected chi connectivity index (χ2v) is 10.1. The highest BCUT2D eigenvalue weighted by Crippen LogP contribution is 2.46. The van der Waals surface area contributed by atoms with Gasteiger partial charge in [0.25, 0.3) is 0 Å². The summed E-state index contributed by atoms with van der Waals surface area (Å²) in [5, 5.41) is 5.52. The van der Waals surface area contributed by atoms with E-state index in [1.165, 1.54) is 18.9 Å². The number of ether oxygens (including phenoxy) is 6. The summed E-state index contributed by atoms with van der Waals surface area (Å²) in [4.78, 5) is 33.1. The average molecular weight is 582 g/mol. The number of amides is 1. The molecule has 0 saturated heterocycles. The molecule has 2 aromatic carbocycles. The summed E-state index contributed by atoms with van der Waals surface area (Å²) in [6.07, 6.45) is 0.0748. The van der Waals surface area contributed by atoms with Gasteiger partial charge in [0.1, 0.15) is 6.61 Å². The smallest absolute Gasteiger partial charge is 0.338 e. The van der Waals surface area contributed by atoms with Gasteiger partial charge in [-0.05, 0) is 47.7 Å². The highest BCUT2D eigenvalue weighted by atomic mass is 32.2. The van der Waals surface area contributed by atoms with Gasteiger partial charge in [-0.15, -0.1) is 0 Å². The molecule has 1 atom stereocenters. The number of hydrogen-bond acceptors (Lipinski definition) is 11. The normalized spacial score (nSPS) is 17.1. The van der Waals surface area contributed by atoms with Crippen LogP contribution < -0.4 is 24.3 Å². The van der Waals surface area contributed by atoms with E-state index in [1.807, 2.05) is 40.6 Å². The molecule has 3 heterocycles. The van der Waals surface area contributed by atoms with Crippen LogP contribution in [0.25, 0.3) is 0 Å². The third-order valence-corrected chi connectivity index (χ3v) is 7.62. The number of amidine groups is 1. The molecule has 5 rings (SSSR count). The van der Waals surface area contributed by atoms with E-state index in [-0.39, 0.29) is 32.3 Å². The molecule has 0 radical (unpaired) electrons. The summed E-state index contributed by atoms with van der Waals surface area (Å²) in [5.74, 6) is 1.72. The van der Waals surface area contributed by atoms with E-state index in [0.29, 0.717) is 51.7 Å². The number of allylic oxidation sites excluding steroid dienone is 1. The van der Waals surface area contributed by atoms with Gasteiger partial charge in [0.05, 0.1) is 44.6 Å². The number of hydrogen-bond donors (Lipinski definition) is 1. The maximum Gasteiger partial charge on any atom is 0.338 e. The predicted octanol–water partition coefficient (Wildman–Crippen LogP) is 3.90. The second-order valence-electron chi connectivity index (χ2n) is 9.28. The molecule has 0 aliphatic carbocycles. The highest BCUT2D eigenvalue weighted by Gasteiger charge is 2.41. The van der Waals surface area contributed by atoms with Crippen LogP contribution in [-0.2, 0) is 25.6 Å². The molecule has 1 N–H and O–H groups in total. The van der Waals surface area contributed by atoms with Gasteiger partial charge < -0.3 is 38.6 Å². The Balaban J connectivity index is 1.40. The number of nitrogens with one attached hydrogen (secondary N) is 1. The molecule has 2 aromatic rings. The van der Waals surface area contributed by atoms with Crippen LogP contribution in [0, 0.1) is 0 Å². The number of fused-ring (bicyclic) bond motifs is 2. The van der Waals surface area contributed by atoms with E-state index in [0.717, 1.165) is 11.1 Å². The van der Waals surface area contributed by atoms with Gasteiger partial charge in [0, 0.05) is 19.4 Å². The third-order valence-electron chi connectivity index (χ3n) is 6.73. The van der Waals surface area contributed by atoms with Crippen LogP contribution in [0.3, 0.4) is 0 Å². The zero-order valence-electron chi connectivity index (χ0n) is 23.2. The minimum absolute atomic E-state index is 0.0748. The molecule has 0 fully saturated rings. The lowest BCUT2D eigenvalue weighted by molar-refractivity contribution is -0.141. The Kier molecular flexibility index (Phi) is 8.70. The maximum atomic E-state index is 13.4. The van der Waals surface area contributed by atoms with Gasteiger partial charge in [-0.25, -0.2) is 9.79 Å². The van der Waals surface area contributed by atoms with E-state index >= 15 is 0 Å². The first-order chi connectivity index (χ1) is 19.9. The molecule has 0 spiro atoms. The first-order valence-electron chi connectivity index (χ1n) is 12.9. The van der Waals surface area contributed by atoms with Crippen LogP contribution >= 0.6 is 11.8 Å². The first kappa shape index (κ1) is 28.4.